The Kier molecular flexibility index (Phi) is 2.24. The van der Waals surface area contributed by atoms with Crippen molar-refractivity contribution in [1.29, 1.82) is 0 Å². The maximum absolute atomic E-state index is 11.4. The molecular formula is C10H13ClO5. The summed E-state index contributed by atoms with van der Waals surface area (Å²) in [7, 11) is 0. The van der Waals surface area contributed by atoms with Crippen LogP contribution in [0.1, 0.15) is 20.3 Å². The summed E-state index contributed by atoms with van der Waals surface area (Å²) >= 11 is 5.81. The van der Waals surface area contributed by atoms with Gasteiger partial charge < -0.3 is 18.9 Å². The van der Waals surface area contributed by atoms with E-state index in [1.165, 1.54) is 0 Å². The molecule has 0 aromatic carbocycles. The van der Waals surface area contributed by atoms with E-state index in [0.717, 1.165) is 0 Å². The minimum Gasteiger partial charge on any atom is -0.455 e. The molecule has 0 aromatic heterocycles. The Morgan fingerprint density at radius 2 is 2.06 bits per heavy atom. The van der Waals surface area contributed by atoms with Crippen LogP contribution in [0.25, 0.3) is 0 Å². The third kappa shape index (κ3) is 1.54. The molecule has 90 valence electrons. The van der Waals surface area contributed by atoms with Crippen molar-refractivity contribution in [3.05, 3.63) is 0 Å². The van der Waals surface area contributed by atoms with Crippen LogP contribution in [-0.2, 0) is 23.7 Å². The van der Waals surface area contributed by atoms with Gasteiger partial charge >= 0.3 is 5.97 Å². The smallest absolute Gasteiger partial charge is 0.324 e. The summed E-state index contributed by atoms with van der Waals surface area (Å²) in [6.07, 6.45) is -0.959. The highest BCUT2D eigenvalue weighted by molar-refractivity contribution is 6.30. The van der Waals surface area contributed by atoms with Crippen molar-refractivity contribution in [2.24, 2.45) is 0 Å². The second-order valence-electron chi connectivity index (χ2n) is 4.75. The van der Waals surface area contributed by atoms with E-state index in [1.807, 2.05) is 0 Å². The van der Waals surface area contributed by atoms with Crippen LogP contribution in [0.15, 0.2) is 0 Å². The molecule has 3 aliphatic rings. The van der Waals surface area contributed by atoms with E-state index >= 15 is 0 Å². The average Bonchev–Trinajstić information content (AvgIpc) is 2.60. The van der Waals surface area contributed by atoms with E-state index in [-0.39, 0.29) is 12.2 Å². The van der Waals surface area contributed by atoms with Crippen molar-refractivity contribution in [2.75, 3.05) is 0 Å². The highest BCUT2D eigenvalue weighted by Crippen LogP contribution is 2.42. The average molecular weight is 249 g/mol. The Bertz CT molecular complexity index is 331. The molecule has 0 saturated carbocycles. The summed E-state index contributed by atoms with van der Waals surface area (Å²) in [5, 5.41) is -0.631. The SMILES string of the molecule is CC1(C)O[C@@H]2O[C@@H]3C[C@@H](Cl)C(=O)O[C@H]3[C@H]2O1. The quantitative estimate of drug-likeness (QED) is 0.469. The minimum atomic E-state index is -0.690. The van der Waals surface area contributed by atoms with Gasteiger partial charge in [-0.15, -0.1) is 11.6 Å². The van der Waals surface area contributed by atoms with Crippen molar-refractivity contribution < 1.29 is 23.7 Å². The van der Waals surface area contributed by atoms with Gasteiger partial charge in [-0.3, -0.25) is 4.79 Å². The van der Waals surface area contributed by atoms with Gasteiger partial charge in [-0.2, -0.15) is 0 Å². The summed E-state index contributed by atoms with van der Waals surface area (Å²) < 4.78 is 22.1. The first-order valence-corrected chi connectivity index (χ1v) is 5.75. The Labute approximate surface area is 97.9 Å². The molecule has 0 aromatic rings. The number of carbonyl (C=O) groups is 1. The van der Waals surface area contributed by atoms with Gasteiger partial charge in [-0.05, 0) is 13.8 Å². The predicted octanol–water partition coefficient (Wildman–Crippen LogP) is 0.786. The molecule has 6 heteroatoms. The molecule has 3 aliphatic heterocycles. The van der Waals surface area contributed by atoms with Gasteiger partial charge in [0.1, 0.15) is 11.5 Å². The summed E-state index contributed by atoms with van der Waals surface area (Å²) in [5.41, 5.74) is 0. The van der Waals surface area contributed by atoms with Crippen molar-refractivity contribution in [3.63, 3.8) is 0 Å². The van der Waals surface area contributed by atoms with Crippen molar-refractivity contribution >= 4 is 17.6 Å². The zero-order valence-electron chi connectivity index (χ0n) is 9.01. The van der Waals surface area contributed by atoms with Crippen LogP contribution in [0.2, 0.25) is 0 Å². The van der Waals surface area contributed by atoms with Crippen LogP contribution < -0.4 is 0 Å². The minimum absolute atomic E-state index is 0.216. The van der Waals surface area contributed by atoms with Crippen molar-refractivity contribution in [1.82, 2.24) is 0 Å². The lowest BCUT2D eigenvalue weighted by molar-refractivity contribution is -0.224. The normalized spacial score (nSPS) is 49.7. The molecule has 16 heavy (non-hydrogen) atoms. The fraction of sp³-hybridized carbons (Fsp3) is 0.900. The number of hydrogen-bond acceptors (Lipinski definition) is 5. The second kappa shape index (κ2) is 3.32. The lowest BCUT2D eigenvalue weighted by Gasteiger charge is -2.30. The van der Waals surface area contributed by atoms with E-state index in [0.29, 0.717) is 6.42 Å². The Balaban J connectivity index is 1.79. The Hall–Kier alpha value is -0.360. The van der Waals surface area contributed by atoms with Gasteiger partial charge in [0.15, 0.2) is 24.3 Å². The lowest BCUT2D eigenvalue weighted by atomic mass is 10.0. The first-order chi connectivity index (χ1) is 7.46. The van der Waals surface area contributed by atoms with Crippen LogP contribution in [0.5, 0.6) is 0 Å². The number of fused-ring (bicyclic) bond motifs is 3. The van der Waals surface area contributed by atoms with Crippen LogP contribution >= 0.6 is 11.6 Å². The molecule has 3 rings (SSSR count). The van der Waals surface area contributed by atoms with Gasteiger partial charge in [0.25, 0.3) is 0 Å². The van der Waals surface area contributed by atoms with Crippen LogP contribution in [0.3, 0.4) is 0 Å². The first-order valence-electron chi connectivity index (χ1n) is 5.32. The molecule has 5 atom stereocenters. The molecule has 0 aliphatic carbocycles. The zero-order valence-corrected chi connectivity index (χ0v) is 9.77. The monoisotopic (exact) mass is 248 g/mol. The predicted molar refractivity (Wildman–Crippen MR) is 52.8 cm³/mol. The summed E-state index contributed by atoms with van der Waals surface area (Å²) in [4.78, 5) is 11.4. The number of esters is 1. The molecule has 5 nitrogen and oxygen atoms in total. The maximum atomic E-state index is 11.4. The maximum Gasteiger partial charge on any atom is 0.324 e. The molecule has 3 heterocycles. The molecule has 0 N–H and O–H groups in total. The molecule has 0 spiro atoms. The molecule has 0 bridgehead atoms. The van der Waals surface area contributed by atoms with Gasteiger partial charge in [0.2, 0.25) is 0 Å². The number of ether oxygens (including phenoxy) is 4. The topological polar surface area (TPSA) is 54.0 Å². The number of halogens is 1. The Morgan fingerprint density at radius 3 is 2.81 bits per heavy atom. The molecular weight excluding hydrogens is 236 g/mol. The number of rotatable bonds is 0. The van der Waals surface area contributed by atoms with E-state index < -0.39 is 29.5 Å². The largest absolute Gasteiger partial charge is 0.455 e. The van der Waals surface area contributed by atoms with E-state index in [4.69, 9.17) is 30.5 Å². The third-order valence-corrected chi connectivity index (χ3v) is 3.39. The van der Waals surface area contributed by atoms with Gasteiger partial charge in [-0.25, -0.2) is 0 Å². The number of carbonyl (C=O) groups excluding carboxylic acids is 1. The fourth-order valence-electron chi connectivity index (χ4n) is 2.39. The summed E-state index contributed by atoms with van der Waals surface area (Å²) in [5.74, 6) is -1.09. The zero-order chi connectivity index (χ0) is 11.5. The number of hydrogen-bond donors (Lipinski definition) is 0. The van der Waals surface area contributed by atoms with Gasteiger partial charge in [-0.1, -0.05) is 0 Å². The lowest BCUT2D eigenvalue weighted by Crippen LogP contribution is -2.45. The van der Waals surface area contributed by atoms with Gasteiger partial charge in [0.05, 0.1) is 0 Å². The third-order valence-electron chi connectivity index (χ3n) is 3.03. The van der Waals surface area contributed by atoms with Crippen LogP contribution in [-0.4, -0.2) is 41.7 Å². The fourth-order valence-corrected chi connectivity index (χ4v) is 2.61. The Morgan fingerprint density at radius 1 is 1.31 bits per heavy atom. The van der Waals surface area contributed by atoms with Crippen LogP contribution in [0, 0.1) is 0 Å². The van der Waals surface area contributed by atoms with Gasteiger partial charge in [0, 0.05) is 6.42 Å². The number of alkyl halides is 1. The standard InChI is InChI=1S/C10H13ClO5/c1-10(2)15-7-6-5(13-9(7)16-10)3-4(11)8(12)14-6/h4-7,9H,3H2,1-2H3/t4-,5-,6-,7-,9+/m1/s1. The molecule has 0 unspecified atom stereocenters. The first kappa shape index (κ1) is 10.8. The summed E-state index contributed by atoms with van der Waals surface area (Å²) in [6, 6.07) is 0. The molecule has 3 saturated heterocycles. The second-order valence-corrected chi connectivity index (χ2v) is 5.27. The van der Waals surface area contributed by atoms with E-state index in [9.17, 15) is 4.79 Å². The van der Waals surface area contributed by atoms with Crippen molar-refractivity contribution in [3.8, 4) is 0 Å². The van der Waals surface area contributed by atoms with E-state index in [1.54, 1.807) is 13.8 Å². The highest BCUT2D eigenvalue weighted by atomic mass is 35.5. The van der Waals surface area contributed by atoms with E-state index in [2.05, 4.69) is 0 Å². The summed E-state index contributed by atoms with van der Waals surface area (Å²) in [6.45, 7) is 3.61. The highest BCUT2D eigenvalue weighted by Gasteiger charge is 2.58. The molecule has 3 fully saturated rings. The van der Waals surface area contributed by atoms with Crippen LogP contribution in [0.4, 0.5) is 0 Å². The van der Waals surface area contributed by atoms with Crippen molar-refractivity contribution in [2.45, 2.75) is 56.0 Å². The molecule has 0 radical (unpaired) electrons. The molecule has 0 amide bonds.